The molecule has 0 saturated carbocycles. The fraction of sp³-hybridized carbons (Fsp3) is 0.0196. The van der Waals surface area contributed by atoms with E-state index >= 15 is 0 Å². The minimum absolute atomic E-state index is 0.523. The number of hydrogen-bond acceptors (Lipinski definition) is 4. The number of nitrogens with zero attached hydrogens (tertiary/aromatic N) is 4. The van der Waals surface area contributed by atoms with E-state index < -0.39 is 5.41 Å². The highest BCUT2D eigenvalue weighted by Crippen LogP contribution is 2.61. The monoisotopic (exact) mass is 700 g/mol. The molecule has 1 spiro atoms. The Hall–Kier alpha value is -7.30. The maximum atomic E-state index is 5.29. The Balaban J connectivity index is 1.16. The van der Waals surface area contributed by atoms with Crippen molar-refractivity contribution in [3.8, 4) is 78.4 Å². The van der Waals surface area contributed by atoms with Gasteiger partial charge in [-0.05, 0) is 97.1 Å². The lowest BCUT2D eigenvalue weighted by Crippen LogP contribution is -2.29. The molecule has 0 N–H and O–H groups in total. The number of hydrogen-bond donors (Lipinski definition) is 0. The minimum Gasteiger partial charge on any atom is -0.264 e. The van der Waals surface area contributed by atoms with Gasteiger partial charge in [0.25, 0.3) is 0 Å². The van der Waals surface area contributed by atoms with Crippen LogP contribution in [0.15, 0.2) is 195 Å². The van der Waals surface area contributed by atoms with Gasteiger partial charge in [-0.2, -0.15) is 0 Å². The van der Waals surface area contributed by atoms with Crippen molar-refractivity contribution < 1.29 is 0 Å². The van der Waals surface area contributed by atoms with Crippen molar-refractivity contribution in [2.45, 2.75) is 5.41 Å². The summed E-state index contributed by atoms with van der Waals surface area (Å²) >= 11 is 0. The Morgan fingerprint density at radius 1 is 0.309 bits per heavy atom. The highest BCUT2D eigenvalue weighted by molar-refractivity contribution is 5.98. The lowest BCUT2D eigenvalue weighted by atomic mass is 9.66. The summed E-state index contributed by atoms with van der Waals surface area (Å²) in [4.78, 5) is 19.1. The average molecular weight is 701 g/mol. The van der Waals surface area contributed by atoms with Crippen LogP contribution in [0.3, 0.4) is 0 Å². The van der Waals surface area contributed by atoms with Crippen LogP contribution in [-0.4, -0.2) is 19.9 Å². The smallest absolute Gasteiger partial charge is 0.160 e. The van der Waals surface area contributed by atoms with Crippen molar-refractivity contribution in [3.63, 3.8) is 0 Å². The standard InChI is InChI=1S/C51H32N4/c1-2-14-39-38(13-1)40-15-3-6-18-44(40)51(45-19-7-4-16-41(45)42-17-5-8-20-46(42)51)47-26-25-35(29-43(39)47)48-30-49(37-12-10-28-53-32-37)55-50(54-48)34-23-21-33(22-24-34)36-11-9-27-52-31-36/h1-32H. The Morgan fingerprint density at radius 3 is 1.35 bits per heavy atom. The summed E-state index contributed by atoms with van der Waals surface area (Å²) in [5.41, 5.74) is 18.8. The van der Waals surface area contributed by atoms with E-state index in [0.29, 0.717) is 5.82 Å². The number of rotatable bonds is 4. The number of fused-ring (bicyclic) bond motifs is 12. The van der Waals surface area contributed by atoms with Gasteiger partial charge in [-0.3, -0.25) is 9.97 Å². The van der Waals surface area contributed by atoms with Gasteiger partial charge in [0, 0.05) is 41.5 Å². The first-order valence-electron chi connectivity index (χ1n) is 18.6. The van der Waals surface area contributed by atoms with E-state index in [9.17, 15) is 0 Å². The molecule has 3 aromatic heterocycles. The molecule has 11 rings (SSSR count). The second kappa shape index (κ2) is 12.4. The second-order valence-electron chi connectivity index (χ2n) is 14.2. The molecule has 4 heteroatoms. The Morgan fingerprint density at radius 2 is 0.764 bits per heavy atom. The van der Waals surface area contributed by atoms with Gasteiger partial charge in [0.05, 0.1) is 16.8 Å². The fourth-order valence-corrected chi connectivity index (χ4v) is 8.94. The van der Waals surface area contributed by atoms with Crippen molar-refractivity contribution in [1.82, 2.24) is 19.9 Å². The van der Waals surface area contributed by atoms with E-state index in [2.05, 4.69) is 168 Å². The largest absolute Gasteiger partial charge is 0.264 e. The van der Waals surface area contributed by atoms with E-state index in [0.717, 1.165) is 39.2 Å². The van der Waals surface area contributed by atoms with Crippen molar-refractivity contribution in [3.05, 3.63) is 217 Å². The third-order valence-corrected chi connectivity index (χ3v) is 11.3. The van der Waals surface area contributed by atoms with Crippen molar-refractivity contribution in [2.75, 3.05) is 0 Å². The molecule has 0 bridgehead atoms. The van der Waals surface area contributed by atoms with E-state index in [1.165, 1.54) is 55.6 Å². The molecule has 256 valence electrons. The van der Waals surface area contributed by atoms with Crippen molar-refractivity contribution in [1.29, 1.82) is 0 Å². The first-order valence-corrected chi connectivity index (χ1v) is 18.6. The van der Waals surface area contributed by atoms with Gasteiger partial charge in [0.15, 0.2) is 5.82 Å². The van der Waals surface area contributed by atoms with E-state index in [1.54, 1.807) is 12.4 Å². The fourth-order valence-electron chi connectivity index (χ4n) is 8.94. The molecule has 9 aromatic rings. The first-order chi connectivity index (χ1) is 27.3. The van der Waals surface area contributed by atoms with E-state index in [1.807, 2.05) is 24.5 Å². The molecule has 2 aliphatic carbocycles. The lowest BCUT2D eigenvalue weighted by molar-refractivity contribution is 0.775. The molecule has 2 aliphatic rings. The minimum atomic E-state index is -0.523. The Labute approximate surface area is 319 Å². The molecule has 0 amide bonds. The first kappa shape index (κ1) is 31.2. The molecule has 6 aromatic carbocycles. The highest BCUT2D eigenvalue weighted by Gasteiger charge is 2.49. The van der Waals surface area contributed by atoms with Crippen LogP contribution in [0.2, 0.25) is 0 Å². The van der Waals surface area contributed by atoms with Crippen LogP contribution in [-0.2, 0) is 5.41 Å². The zero-order valence-electron chi connectivity index (χ0n) is 29.8. The molecule has 0 saturated heterocycles. The average Bonchev–Trinajstić information content (AvgIpc) is 3.52. The van der Waals surface area contributed by atoms with Crippen LogP contribution >= 0.6 is 0 Å². The van der Waals surface area contributed by atoms with Gasteiger partial charge < -0.3 is 0 Å². The van der Waals surface area contributed by atoms with Gasteiger partial charge in [0.2, 0.25) is 0 Å². The third-order valence-electron chi connectivity index (χ3n) is 11.3. The van der Waals surface area contributed by atoms with Crippen LogP contribution in [0, 0.1) is 0 Å². The molecule has 4 nitrogen and oxygen atoms in total. The second-order valence-corrected chi connectivity index (χ2v) is 14.2. The summed E-state index contributed by atoms with van der Waals surface area (Å²) in [5.74, 6) is 0.659. The number of pyridine rings is 2. The summed E-state index contributed by atoms with van der Waals surface area (Å²) in [5, 5.41) is 0. The summed E-state index contributed by atoms with van der Waals surface area (Å²) < 4.78 is 0. The SMILES string of the molecule is c1cncc(-c2ccc(-c3nc(-c4cccnc4)cc(-c4ccc5c(c4)-c4ccccc4-c4ccccc4C54c5ccccc5-c5ccccc54)n3)cc2)c1. The van der Waals surface area contributed by atoms with Gasteiger partial charge in [-0.1, -0.05) is 140 Å². The van der Waals surface area contributed by atoms with Crippen LogP contribution in [0.1, 0.15) is 22.3 Å². The highest BCUT2D eigenvalue weighted by atomic mass is 14.9. The lowest BCUT2D eigenvalue weighted by Gasteiger charge is -2.35. The van der Waals surface area contributed by atoms with Crippen LogP contribution < -0.4 is 0 Å². The quantitative estimate of drug-likeness (QED) is 0.183. The molecular weight excluding hydrogens is 669 g/mol. The molecule has 0 atom stereocenters. The topological polar surface area (TPSA) is 51.6 Å². The maximum absolute atomic E-state index is 5.29. The predicted molar refractivity (Wildman–Crippen MR) is 221 cm³/mol. The van der Waals surface area contributed by atoms with E-state index in [-0.39, 0.29) is 0 Å². The van der Waals surface area contributed by atoms with E-state index in [4.69, 9.17) is 9.97 Å². The van der Waals surface area contributed by atoms with Crippen molar-refractivity contribution in [2.24, 2.45) is 0 Å². The molecule has 55 heavy (non-hydrogen) atoms. The van der Waals surface area contributed by atoms with Gasteiger partial charge in [0.1, 0.15) is 0 Å². The maximum Gasteiger partial charge on any atom is 0.160 e. The normalized spacial score (nSPS) is 12.9. The van der Waals surface area contributed by atoms with Gasteiger partial charge in [-0.15, -0.1) is 0 Å². The molecule has 3 heterocycles. The molecule has 0 radical (unpaired) electrons. The Kier molecular flexibility index (Phi) is 7.04. The van der Waals surface area contributed by atoms with Gasteiger partial charge >= 0.3 is 0 Å². The van der Waals surface area contributed by atoms with Gasteiger partial charge in [-0.25, -0.2) is 9.97 Å². The number of aromatic nitrogens is 4. The van der Waals surface area contributed by atoms with Crippen LogP contribution in [0.25, 0.3) is 78.4 Å². The predicted octanol–water partition coefficient (Wildman–Crippen LogP) is 11.9. The molecule has 0 aliphatic heterocycles. The summed E-state index contributed by atoms with van der Waals surface area (Å²) in [6, 6.07) is 61.3. The Bertz CT molecular complexity index is 2870. The third kappa shape index (κ3) is 4.78. The zero-order chi connectivity index (χ0) is 36.3. The summed E-state index contributed by atoms with van der Waals surface area (Å²) in [6.07, 6.45) is 7.34. The van der Waals surface area contributed by atoms with Crippen LogP contribution in [0.5, 0.6) is 0 Å². The summed E-state index contributed by atoms with van der Waals surface area (Å²) in [7, 11) is 0. The molecule has 0 unspecified atom stereocenters. The molecule has 0 fully saturated rings. The summed E-state index contributed by atoms with van der Waals surface area (Å²) in [6.45, 7) is 0. The zero-order valence-corrected chi connectivity index (χ0v) is 29.8. The van der Waals surface area contributed by atoms with Crippen molar-refractivity contribution >= 4 is 0 Å². The number of benzene rings is 6. The van der Waals surface area contributed by atoms with Crippen LogP contribution in [0.4, 0.5) is 0 Å². The molecular formula is C51H32N4.